The van der Waals surface area contributed by atoms with Gasteiger partial charge in [0.15, 0.2) is 0 Å². The summed E-state index contributed by atoms with van der Waals surface area (Å²) in [6.07, 6.45) is 0.550. The number of aryl methyl sites for hydroxylation is 1. The number of carbonyl (C=O) groups excluding carboxylic acids is 1. The summed E-state index contributed by atoms with van der Waals surface area (Å²) in [4.78, 5) is 12.5. The first-order valence-corrected chi connectivity index (χ1v) is 10.6. The van der Waals surface area contributed by atoms with Crippen molar-refractivity contribution in [2.24, 2.45) is 0 Å². The molecule has 7 nitrogen and oxygen atoms in total. The first kappa shape index (κ1) is 21.2. The van der Waals surface area contributed by atoms with Crippen molar-refractivity contribution in [1.82, 2.24) is 8.61 Å². The molecule has 29 heavy (non-hydrogen) atoms. The average Bonchev–Trinajstić information content (AvgIpc) is 2.67. The van der Waals surface area contributed by atoms with E-state index in [2.05, 4.69) is 5.32 Å². The number of hydrogen-bond donors (Lipinski definition) is 1. The van der Waals surface area contributed by atoms with Crippen molar-refractivity contribution in [2.75, 3.05) is 32.1 Å². The van der Waals surface area contributed by atoms with E-state index < -0.39 is 21.9 Å². The Morgan fingerprint density at radius 2 is 1.90 bits per heavy atom. The van der Waals surface area contributed by atoms with Gasteiger partial charge in [-0.3, -0.25) is 4.79 Å². The molecule has 1 aliphatic rings. The summed E-state index contributed by atoms with van der Waals surface area (Å²) in [6, 6.07) is 11.4. The molecule has 9 heteroatoms. The Labute approximate surface area is 170 Å². The molecule has 1 fully saturated rings. The summed E-state index contributed by atoms with van der Waals surface area (Å²) < 4.78 is 47.3. The Kier molecular flexibility index (Phi) is 6.51. The van der Waals surface area contributed by atoms with Crippen LogP contribution in [0, 0.1) is 12.7 Å². The Hall–Kier alpha value is -2.49. The fourth-order valence-electron chi connectivity index (χ4n) is 3.22. The van der Waals surface area contributed by atoms with Crippen molar-refractivity contribution in [3.8, 4) is 5.75 Å². The van der Waals surface area contributed by atoms with Crippen LogP contribution >= 0.6 is 0 Å². The standard InChI is InChI=1S/C20H24FN3O4S/c1-15-8-9-19(28-2)18(12-15)22-20(25)14-24-11-5-10-23(29(24,26)27)13-16-6-3-4-7-17(16)21/h3-4,6-9,12H,5,10-11,13-14H2,1-2H3,(H,22,25). The number of benzene rings is 2. The average molecular weight is 421 g/mol. The monoisotopic (exact) mass is 421 g/mol. The van der Waals surface area contributed by atoms with Crippen LogP contribution in [0.2, 0.25) is 0 Å². The molecule has 0 radical (unpaired) electrons. The predicted molar refractivity (Wildman–Crippen MR) is 108 cm³/mol. The number of rotatable bonds is 6. The largest absolute Gasteiger partial charge is 0.495 e. The fraction of sp³-hybridized carbons (Fsp3) is 0.350. The van der Waals surface area contributed by atoms with E-state index in [1.54, 1.807) is 30.3 Å². The molecule has 0 unspecified atom stereocenters. The summed E-state index contributed by atoms with van der Waals surface area (Å²) in [5.74, 6) is -0.430. The van der Waals surface area contributed by atoms with Crippen molar-refractivity contribution in [3.05, 3.63) is 59.4 Å². The lowest BCUT2D eigenvalue weighted by Gasteiger charge is -2.34. The molecular weight excluding hydrogens is 397 g/mol. The van der Waals surface area contributed by atoms with Gasteiger partial charge in [0.2, 0.25) is 5.91 Å². The van der Waals surface area contributed by atoms with Crippen LogP contribution in [0.15, 0.2) is 42.5 Å². The summed E-state index contributed by atoms with van der Waals surface area (Å²) in [6.45, 7) is 1.99. The van der Waals surface area contributed by atoms with Gasteiger partial charge in [0.25, 0.3) is 10.2 Å². The molecular formula is C20H24FN3O4S. The number of anilines is 1. The second-order valence-corrected chi connectivity index (χ2v) is 8.80. The number of amides is 1. The summed E-state index contributed by atoms with van der Waals surface area (Å²) in [5.41, 5.74) is 1.71. The van der Waals surface area contributed by atoms with E-state index in [0.29, 0.717) is 23.4 Å². The third-order valence-electron chi connectivity index (χ3n) is 4.72. The van der Waals surface area contributed by atoms with E-state index in [1.165, 1.54) is 17.5 Å². The number of nitrogens with zero attached hydrogens (tertiary/aromatic N) is 2. The van der Waals surface area contributed by atoms with Gasteiger partial charge in [-0.25, -0.2) is 4.39 Å². The summed E-state index contributed by atoms with van der Waals surface area (Å²) >= 11 is 0. The van der Waals surface area contributed by atoms with Crippen LogP contribution in [0.25, 0.3) is 0 Å². The lowest BCUT2D eigenvalue weighted by atomic mass is 10.2. The quantitative estimate of drug-likeness (QED) is 0.778. The Morgan fingerprint density at radius 1 is 1.17 bits per heavy atom. The second kappa shape index (κ2) is 8.89. The molecule has 0 bridgehead atoms. The minimum absolute atomic E-state index is 0.0706. The van der Waals surface area contributed by atoms with E-state index in [0.717, 1.165) is 9.87 Å². The van der Waals surface area contributed by atoms with E-state index in [-0.39, 0.29) is 26.2 Å². The van der Waals surface area contributed by atoms with Gasteiger partial charge < -0.3 is 10.1 Å². The number of halogens is 1. The highest BCUT2D eigenvalue weighted by molar-refractivity contribution is 7.86. The fourth-order valence-corrected chi connectivity index (χ4v) is 4.85. The first-order valence-electron chi connectivity index (χ1n) is 9.24. The third kappa shape index (κ3) is 4.92. The smallest absolute Gasteiger partial charge is 0.282 e. The zero-order chi connectivity index (χ0) is 21.0. The van der Waals surface area contributed by atoms with E-state index in [1.807, 2.05) is 13.0 Å². The van der Waals surface area contributed by atoms with Crippen LogP contribution in [0.1, 0.15) is 17.5 Å². The molecule has 0 aromatic heterocycles. The molecule has 2 aromatic carbocycles. The molecule has 1 amide bonds. The molecule has 1 N–H and O–H groups in total. The van der Waals surface area contributed by atoms with E-state index in [9.17, 15) is 17.6 Å². The molecule has 2 aromatic rings. The molecule has 1 heterocycles. The minimum atomic E-state index is -3.88. The topological polar surface area (TPSA) is 79.0 Å². The van der Waals surface area contributed by atoms with Crippen molar-refractivity contribution in [1.29, 1.82) is 0 Å². The number of nitrogens with one attached hydrogen (secondary N) is 1. The van der Waals surface area contributed by atoms with Crippen LogP contribution in [-0.2, 0) is 21.5 Å². The molecule has 0 aliphatic carbocycles. The van der Waals surface area contributed by atoms with Gasteiger partial charge in [-0.15, -0.1) is 0 Å². The summed E-state index contributed by atoms with van der Waals surface area (Å²) in [7, 11) is -2.39. The van der Waals surface area contributed by atoms with Crippen molar-refractivity contribution >= 4 is 21.8 Å². The van der Waals surface area contributed by atoms with Gasteiger partial charge in [-0.05, 0) is 37.1 Å². The normalized spacial score (nSPS) is 17.1. The summed E-state index contributed by atoms with van der Waals surface area (Å²) in [5, 5.41) is 2.71. The zero-order valence-corrected chi connectivity index (χ0v) is 17.2. The van der Waals surface area contributed by atoms with Crippen molar-refractivity contribution < 1.29 is 22.3 Å². The van der Waals surface area contributed by atoms with Gasteiger partial charge in [0, 0.05) is 25.2 Å². The van der Waals surface area contributed by atoms with Crippen LogP contribution in [0.3, 0.4) is 0 Å². The molecule has 1 saturated heterocycles. The molecule has 1 aliphatic heterocycles. The van der Waals surface area contributed by atoms with Crippen LogP contribution in [0.4, 0.5) is 10.1 Å². The highest BCUT2D eigenvalue weighted by atomic mass is 32.2. The van der Waals surface area contributed by atoms with E-state index in [4.69, 9.17) is 4.74 Å². The molecule has 0 atom stereocenters. The van der Waals surface area contributed by atoms with Crippen molar-refractivity contribution in [2.45, 2.75) is 19.9 Å². The molecule has 0 spiro atoms. The lowest BCUT2D eigenvalue weighted by molar-refractivity contribution is -0.116. The minimum Gasteiger partial charge on any atom is -0.495 e. The molecule has 3 rings (SSSR count). The van der Waals surface area contributed by atoms with Crippen LogP contribution < -0.4 is 10.1 Å². The highest BCUT2D eigenvalue weighted by Crippen LogP contribution is 2.26. The zero-order valence-electron chi connectivity index (χ0n) is 16.4. The van der Waals surface area contributed by atoms with Gasteiger partial charge in [-0.2, -0.15) is 17.0 Å². The maximum atomic E-state index is 13.9. The van der Waals surface area contributed by atoms with Gasteiger partial charge in [0.05, 0.1) is 19.3 Å². The number of methoxy groups -OCH3 is 1. The lowest BCUT2D eigenvalue weighted by Crippen LogP contribution is -2.51. The number of hydrogen-bond acceptors (Lipinski definition) is 4. The van der Waals surface area contributed by atoms with Gasteiger partial charge >= 0.3 is 0 Å². The van der Waals surface area contributed by atoms with Crippen molar-refractivity contribution in [3.63, 3.8) is 0 Å². The third-order valence-corrected chi connectivity index (χ3v) is 6.65. The number of ether oxygens (including phenoxy) is 1. The molecule has 156 valence electrons. The maximum Gasteiger partial charge on any atom is 0.282 e. The highest BCUT2D eigenvalue weighted by Gasteiger charge is 2.35. The number of carbonyl (C=O) groups is 1. The first-order chi connectivity index (χ1) is 13.8. The van der Waals surface area contributed by atoms with E-state index >= 15 is 0 Å². The van der Waals surface area contributed by atoms with Gasteiger partial charge in [0.1, 0.15) is 11.6 Å². The van der Waals surface area contributed by atoms with Crippen LogP contribution in [0.5, 0.6) is 5.75 Å². The second-order valence-electron chi connectivity index (χ2n) is 6.87. The van der Waals surface area contributed by atoms with Gasteiger partial charge in [-0.1, -0.05) is 24.3 Å². The predicted octanol–water partition coefficient (Wildman–Crippen LogP) is 2.53. The van der Waals surface area contributed by atoms with Crippen LogP contribution in [-0.4, -0.2) is 49.7 Å². The Morgan fingerprint density at radius 3 is 2.62 bits per heavy atom. The maximum absolute atomic E-state index is 13.9. The molecule has 0 saturated carbocycles. The Bertz CT molecular complexity index is 997. The Balaban J connectivity index is 1.71. The SMILES string of the molecule is COc1ccc(C)cc1NC(=O)CN1CCCN(Cc2ccccc2F)S1(=O)=O.